The highest BCUT2D eigenvalue weighted by molar-refractivity contribution is 7.92. The lowest BCUT2D eigenvalue weighted by Crippen LogP contribution is -2.43. The van der Waals surface area contributed by atoms with Crippen molar-refractivity contribution in [2.45, 2.75) is 32.7 Å². The minimum absolute atomic E-state index is 0.210. The number of benzene rings is 2. The van der Waals surface area contributed by atoms with Crippen molar-refractivity contribution in [3.05, 3.63) is 87.5 Å². The maximum atomic E-state index is 13.6. The lowest BCUT2D eigenvalue weighted by molar-refractivity contribution is -0.132. The molecule has 0 aliphatic heterocycles. The zero-order chi connectivity index (χ0) is 27.4. The smallest absolute Gasteiger partial charge is 0.238 e. The van der Waals surface area contributed by atoms with E-state index in [9.17, 15) is 13.2 Å². The molecule has 0 saturated carbocycles. The van der Waals surface area contributed by atoms with Crippen LogP contribution in [-0.4, -0.2) is 57.4 Å². The number of nitrogens with zero attached hydrogens (tertiary/aromatic N) is 2. The zero-order valence-electron chi connectivity index (χ0n) is 22.2. The molecule has 204 valence electrons. The van der Waals surface area contributed by atoms with Crippen molar-refractivity contribution < 1.29 is 22.7 Å². The highest BCUT2D eigenvalue weighted by Crippen LogP contribution is 2.28. The van der Waals surface area contributed by atoms with E-state index in [1.807, 2.05) is 73.0 Å². The number of rotatable bonds is 15. The summed E-state index contributed by atoms with van der Waals surface area (Å²) in [5.41, 5.74) is 1.78. The molecule has 3 aromatic rings. The SMILES string of the molecule is CCCCN(CC(=O)N(CCc1ccc(OC)c(OC)c1)Cc1cccs1)S(=O)(=O)/C=C/c1ccccc1. The Hall–Kier alpha value is -3.14. The third-order valence-corrected chi connectivity index (χ3v) is 8.44. The van der Waals surface area contributed by atoms with Crippen molar-refractivity contribution in [2.24, 2.45) is 0 Å². The number of methoxy groups -OCH3 is 2. The number of amides is 1. The topological polar surface area (TPSA) is 76.2 Å². The average Bonchev–Trinajstić information content (AvgIpc) is 3.45. The van der Waals surface area contributed by atoms with Gasteiger partial charge in [0.2, 0.25) is 15.9 Å². The Labute approximate surface area is 230 Å². The Morgan fingerprint density at radius 2 is 1.74 bits per heavy atom. The average molecular weight is 557 g/mol. The van der Waals surface area contributed by atoms with Crippen molar-refractivity contribution in [3.8, 4) is 11.5 Å². The number of ether oxygens (including phenoxy) is 2. The van der Waals surface area contributed by atoms with Gasteiger partial charge in [-0.1, -0.05) is 55.8 Å². The van der Waals surface area contributed by atoms with Crippen LogP contribution in [0.4, 0.5) is 0 Å². The molecule has 9 heteroatoms. The van der Waals surface area contributed by atoms with Crippen molar-refractivity contribution in [2.75, 3.05) is 33.9 Å². The molecule has 0 aliphatic carbocycles. The van der Waals surface area contributed by atoms with Gasteiger partial charge in [-0.3, -0.25) is 4.79 Å². The molecule has 1 heterocycles. The van der Waals surface area contributed by atoms with Crippen molar-refractivity contribution in [1.82, 2.24) is 9.21 Å². The summed E-state index contributed by atoms with van der Waals surface area (Å²) >= 11 is 1.57. The van der Waals surface area contributed by atoms with Crippen LogP contribution in [0.5, 0.6) is 11.5 Å². The van der Waals surface area contributed by atoms with Gasteiger partial charge < -0.3 is 14.4 Å². The van der Waals surface area contributed by atoms with E-state index in [0.29, 0.717) is 37.4 Å². The second-order valence-corrected chi connectivity index (χ2v) is 11.6. The van der Waals surface area contributed by atoms with Crippen LogP contribution in [0.2, 0.25) is 0 Å². The maximum Gasteiger partial charge on any atom is 0.238 e. The van der Waals surface area contributed by atoms with Gasteiger partial charge >= 0.3 is 0 Å². The van der Waals surface area contributed by atoms with Crippen molar-refractivity contribution in [3.63, 3.8) is 0 Å². The highest BCUT2D eigenvalue weighted by Gasteiger charge is 2.25. The second-order valence-electron chi connectivity index (χ2n) is 8.78. The van der Waals surface area contributed by atoms with E-state index in [1.54, 1.807) is 36.5 Å². The first kappa shape index (κ1) is 29.4. The molecule has 3 rings (SSSR count). The molecule has 0 atom stereocenters. The molecule has 0 bridgehead atoms. The minimum Gasteiger partial charge on any atom is -0.493 e. The van der Waals surface area contributed by atoms with Crippen molar-refractivity contribution >= 4 is 33.3 Å². The lowest BCUT2D eigenvalue weighted by Gasteiger charge is -2.26. The van der Waals surface area contributed by atoms with Crippen LogP contribution in [0.25, 0.3) is 6.08 Å². The van der Waals surface area contributed by atoms with Gasteiger partial charge in [0.05, 0.1) is 27.3 Å². The fraction of sp³-hybridized carbons (Fsp3) is 0.345. The number of carbonyl (C=O) groups is 1. The molecule has 0 unspecified atom stereocenters. The predicted octanol–water partition coefficient (Wildman–Crippen LogP) is 5.44. The molecular formula is C29H36N2O5S2. The van der Waals surface area contributed by atoms with E-state index in [2.05, 4.69) is 0 Å². The van der Waals surface area contributed by atoms with Crippen LogP contribution in [0.15, 0.2) is 71.5 Å². The summed E-state index contributed by atoms with van der Waals surface area (Å²) in [5.74, 6) is 1.04. The summed E-state index contributed by atoms with van der Waals surface area (Å²) in [6, 6.07) is 18.9. The highest BCUT2D eigenvalue weighted by atomic mass is 32.2. The monoisotopic (exact) mass is 556 g/mol. The Balaban J connectivity index is 1.78. The molecule has 0 fully saturated rings. The molecule has 2 aromatic carbocycles. The number of unbranched alkanes of at least 4 members (excludes halogenated alkanes) is 1. The number of hydrogen-bond acceptors (Lipinski definition) is 6. The number of thiophene rings is 1. The third-order valence-electron chi connectivity index (χ3n) is 6.06. The summed E-state index contributed by atoms with van der Waals surface area (Å²) in [6.07, 6.45) is 3.65. The Morgan fingerprint density at radius 1 is 0.974 bits per heavy atom. The molecule has 1 amide bonds. The van der Waals surface area contributed by atoms with Crippen LogP contribution < -0.4 is 9.47 Å². The summed E-state index contributed by atoms with van der Waals surface area (Å²) in [6.45, 7) is 2.93. The first-order valence-corrected chi connectivity index (χ1v) is 15.0. The molecule has 1 aromatic heterocycles. The fourth-order valence-corrected chi connectivity index (χ4v) is 5.77. The van der Waals surface area contributed by atoms with E-state index in [-0.39, 0.29) is 19.0 Å². The molecule has 0 radical (unpaired) electrons. The largest absolute Gasteiger partial charge is 0.493 e. The van der Waals surface area contributed by atoms with E-state index < -0.39 is 10.0 Å². The quantitative estimate of drug-likeness (QED) is 0.249. The number of carbonyl (C=O) groups excluding carboxylic acids is 1. The zero-order valence-corrected chi connectivity index (χ0v) is 23.8. The van der Waals surface area contributed by atoms with Crippen LogP contribution in [0, 0.1) is 0 Å². The first-order valence-electron chi connectivity index (χ1n) is 12.6. The predicted molar refractivity (Wildman–Crippen MR) is 154 cm³/mol. The van der Waals surface area contributed by atoms with Gasteiger partial charge in [-0.05, 0) is 53.6 Å². The minimum atomic E-state index is -3.79. The number of hydrogen-bond donors (Lipinski definition) is 0. The van der Waals surface area contributed by atoms with Gasteiger partial charge in [-0.15, -0.1) is 11.3 Å². The Kier molecular flexibility index (Phi) is 11.4. The summed E-state index contributed by atoms with van der Waals surface area (Å²) in [4.78, 5) is 16.3. The third kappa shape index (κ3) is 8.72. The molecule has 7 nitrogen and oxygen atoms in total. The van der Waals surface area contributed by atoms with Gasteiger partial charge in [0.15, 0.2) is 11.5 Å². The Morgan fingerprint density at radius 3 is 2.39 bits per heavy atom. The Bertz CT molecular complexity index is 1280. The summed E-state index contributed by atoms with van der Waals surface area (Å²) in [5, 5.41) is 3.16. The van der Waals surface area contributed by atoms with Gasteiger partial charge in [0.1, 0.15) is 0 Å². The van der Waals surface area contributed by atoms with Crippen LogP contribution >= 0.6 is 11.3 Å². The normalized spacial score (nSPS) is 11.7. The van der Waals surface area contributed by atoms with Gasteiger partial charge in [-0.25, -0.2) is 8.42 Å². The lowest BCUT2D eigenvalue weighted by atomic mass is 10.1. The van der Waals surface area contributed by atoms with E-state index in [4.69, 9.17) is 9.47 Å². The summed E-state index contributed by atoms with van der Waals surface area (Å²) < 4.78 is 38.5. The maximum absolute atomic E-state index is 13.6. The van der Waals surface area contributed by atoms with E-state index in [0.717, 1.165) is 22.4 Å². The molecule has 0 N–H and O–H groups in total. The fourth-order valence-electron chi connectivity index (χ4n) is 3.88. The standard InChI is InChI=1S/C29H36N2O5S2/c1-4-5-17-31(38(33,34)20-16-24-10-7-6-8-11-24)23-29(32)30(22-26-12-9-19-37-26)18-15-25-13-14-27(35-2)28(21-25)36-3/h6-14,16,19-21H,4-5,15,17-18,22-23H2,1-3H3/b20-16+. The van der Waals surface area contributed by atoms with Crippen LogP contribution in [-0.2, 0) is 27.8 Å². The second kappa shape index (κ2) is 14.7. The van der Waals surface area contributed by atoms with E-state index >= 15 is 0 Å². The van der Waals surface area contributed by atoms with Crippen molar-refractivity contribution in [1.29, 1.82) is 0 Å². The van der Waals surface area contributed by atoms with Crippen LogP contribution in [0.3, 0.4) is 0 Å². The summed E-state index contributed by atoms with van der Waals surface area (Å²) in [7, 11) is -0.611. The molecule has 0 spiro atoms. The molecular weight excluding hydrogens is 520 g/mol. The molecule has 0 saturated heterocycles. The molecule has 0 aliphatic rings. The molecule has 38 heavy (non-hydrogen) atoms. The first-order chi connectivity index (χ1) is 18.4. The van der Waals surface area contributed by atoms with Crippen LogP contribution in [0.1, 0.15) is 35.8 Å². The van der Waals surface area contributed by atoms with Gasteiger partial charge in [0.25, 0.3) is 0 Å². The van der Waals surface area contributed by atoms with Gasteiger partial charge in [0, 0.05) is 23.4 Å². The van der Waals surface area contributed by atoms with E-state index in [1.165, 1.54) is 9.71 Å². The number of sulfonamides is 1. The van der Waals surface area contributed by atoms with Gasteiger partial charge in [-0.2, -0.15) is 4.31 Å².